The van der Waals surface area contributed by atoms with Crippen LogP contribution in [0.4, 0.5) is 0 Å². The quantitative estimate of drug-likeness (QED) is 0.186. The number of carboxylic acid groups (broad SMARTS) is 2. The number of nitrogens with zero attached hydrogens (tertiary/aromatic N) is 1. The van der Waals surface area contributed by atoms with Crippen molar-refractivity contribution in [2.45, 2.75) is 70.1 Å². The lowest BCUT2D eigenvalue weighted by molar-refractivity contribution is -0.146. The van der Waals surface area contributed by atoms with Crippen LogP contribution in [0.2, 0.25) is 0 Å². The van der Waals surface area contributed by atoms with Gasteiger partial charge in [0.1, 0.15) is 18.1 Å². The van der Waals surface area contributed by atoms with Crippen molar-refractivity contribution in [2.75, 3.05) is 6.54 Å². The standard InChI is InChI=1S/C19H31N5O8/c1-3-9(2)15(19(31)32)23-17(29)12-5-4-6-24(12)18(30)11(8-13(21)25)22-16(28)10(20)7-14(26)27/h9-12,15H,3-8,20H2,1-2H3,(H2,21,25)(H,22,28)(H,23,29)(H,26,27)(H,31,32). The summed E-state index contributed by atoms with van der Waals surface area (Å²) < 4.78 is 0. The summed E-state index contributed by atoms with van der Waals surface area (Å²) in [6, 6.07) is -5.04. The molecule has 1 fully saturated rings. The van der Waals surface area contributed by atoms with Gasteiger partial charge in [-0.25, -0.2) is 4.79 Å². The zero-order valence-corrected chi connectivity index (χ0v) is 18.1. The molecule has 32 heavy (non-hydrogen) atoms. The number of amides is 4. The van der Waals surface area contributed by atoms with E-state index in [2.05, 4.69) is 10.6 Å². The largest absolute Gasteiger partial charge is 0.481 e. The van der Waals surface area contributed by atoms with E-state index in [0.717, 1.165) is 4.90 Å². The SMILES string of the molecule is CCC(C)C(NC(=O)C1CCCN1C(=O)C(CC(N)=O)NC(=O)C(N)CC(=O)O)C(=O)O. The maximum absolute atomic E-state index is 13.0. The zero-order chi connectivity index (χ0) is 24.6. The molecule has 13 nitrogen and oxygen atoms in total. The van der Waals surface area contributed by atoms with Gasteiger partial charge in [-0.2, -0.15) is 0 Å². The van der Waals surface area contributed by atoms with Gasteiger partial charge in [0.15, 0.2) is 0 Å². The third-order valence-corrected chi connectivity index (χ3v) is 5.37. The molecule has 0 radical (unpaired) electrons. The summed E-state index contributed by atoms with van der Waals surface area (Å²) in [6.07, 6.45) is -0.0568. The topological polar surface area (TPSA) is 222 Å². The van der Waals surface area contributed by atoms with Crippen molar-refractivity contribution >= 4 is 35.6 Å². The fourth-order valence-corrected chi connectivity index (χ4v) is 3.40. The Kier molecular flexibility index (Phi) is 10.0. The van der Waals surface area contributed by atoms with Crippen LogP contribution in [0.25, 0.3) is 0 Å². The number of nitrogens with two attached hydrogens (primary N) is 2. The Morgan fingerprint density at radius 2 is 1.72 bits per heavy atom. The third-order valence-electron chi connectivity index (χ3n) is 5.37. The molecule has 1 aliphatic rings. The van der Waals surface area contributed by atoms with Crippen LogP contribution in [0.3, 0.4) is 0 Å². The number of primary amides is 1. The third kappa shape index (κ3) is 7.48. The van der Waals surface area contributed by atoms with Crippen LogP contribution >= 0.6 is 0 Å². The molecule has 0 aliphatic carbocycles. The molecule has 5 atom stereocenters. The minimum absolute atomic E-state index is 0.143. The Hall–Kier alpha value is -3.22. The van der Waals surface area contributed by atoms with E-state index in [1.54, 1.807) is 13.8 Å². The van der Waals surface area contributed by atoms with E-state index in [9.17, 15) is 33.9 Å². The first-order chi connectivity index (χ1) is 14.9. The molecule has 0 saturated carbocycles. The van der Waals surface area contributed by atoms with Crippen LogP contribution in [0.15, 0.2) is 0 Å². The summed E-state index contributed by atoms with van der Waals surface area (Å²) in [7, 11) is 0. The first kappa shape index (κ1) is 26.8. The normalized spacial score (nSPS) is 19.3. The maximum atomic E-state index is 13.0. The number of aliphatic carboxylic acids is 2. The molecule has 0 spiro atoms. The van der Waals surface area contributed by atoms with E-state index in [4.69, 9.17) is 16.6 Å². The second-order valence-corrected chi connectivity index (χ2v) is 7.84. The Morgan fingerprint density at radius 1 is 1.09 bits per heavy atom. The van der Waals surface area contributed by atoms with Crippen LogP contribution in [-0.2, 0) is 28.8 Å². The van der Waals surface area contributed by atoms with Gasteiger partial charge in [0.25, 0.3) is 0 Å². The highest BCUT2D eigenvalue weighted by Gasteiger charge is 2.40. The minimum Gasteiger partial charge on any atom is -0.481 e. The first-order valence-electron chi connectivity index (χ1n) is 10.3. The van der Waals surface area contributed by atoms with Gasteiger partial charge in [-0.15, -0.1) is 0 Å². The number of nitrogens with one attached hydrogen (secondary N) is 2. The van der Waals surface area contributed by atoms with Gasteiger partial charge in [-0.1, -0.05) is 20.3 Å². The molecule has 0 aromatic heterocycles. The Morgan fingerprint density at radius 3 is 2.22 bits per heavy atom. The molecule has 8 N–H and O–H groups in total. The molecule has 0 bridgehead atoms. The number of hydrogen-bond acceptors (Lipinski definition) is 7. The van der Waals surface area contributed by atoms with Crippen LogP contribution in [0, 0.1) is 5.92 Å². The van der Waals surface area contributed by atoms with Crippen molar-refractivity contribution in [3.8, 4) is 0 Å². The van der Waals surface area contributed by atoms with Gasteiger partial charge >= 0.3 is 11.9 Å². The van der Waals surface area contributed by atoms with Crippen molar-refractivity contribution in [3.05, 3.63) is 0 Å². The zero-order valence-electron chi connectivity index (χ0n) is 18.1. The molecule has 4 amide bonds. The Balaban J connectivity index is 2.99. The number of likely N-dealkylation sites (tertiary alicyclic amines) is 1. The number of carboxylic acids is 2. The summed E-state index contributed by atoms with van der Waals surface area (Å²) in [5, 5.41) is 22.8. The predicted octanol–water partition coefficient (Wildman–Crippen LogP) is -2.24. The van der Waals surface area contributed by atoms with Gasteiger partial charge in [-0.05, 0) is 18.8 Å². The van der Waals surface area contributed by atoms with E-state index in [1.165, 1.54) is 0 Å². The highest BCUT2D eigenvalue weighted by molar-refractivity contribution is 5.97. The predicted molar refractivity (Wildman–Crippen MR) is 110 cm³/mol. The Labute approximate surface area is 184 Å². The summed E-state index contributed by atoms with van der Waals surface area (Å²) in [5.74, 6) is -6.17. The van der Waals surface area contributed by atoms with E-state index in [-0.39, 0.29) is 18.9 Å². The van der Waals surface area contributed by atoms with Gasteiger partial charge in [0, 0.05) is 6.54 Å². The summed E-state index contributed by atoms with van der Waals surface area (Å²) >= 11 is 0. The van der Waals surface area contributed by atoms with Crippen molar-refractivity contribution in [2.24, 2.45) is 17.4 Å². The lowest BCUT2D eigenvalue weighted by Gasteiger charge is -2.30. The van der Waals surface area contributed by atoms with Gasteiger partial charge in [-0.3, -0.25) is 24.0 Å². The number of rotatable bonds is 12. The molecule has 1 rings (SSSR count). The average Bonchev–Trinajstić information content (AvgIpc) is 3.18. The van der Waals surface area contributed by atoms with E-state index >= 15 is 0 Å². The highest BCUT2D eigenvalue weighted by Crippen LogP contribution is 2.20. The molecule has 1 saturated heterocycles. The molecule has 0 aromatic rings. The maximum Gasteiger partial charge on any atom is 0.326 e. The van der Waals surface area contributed by atoms with Gasteiger partial charge in [0.2, 0.25) is 23.6 Å². The number of carbonyl (C=O) groups is 6. The smallest absolute Gasteiger partial charge is 0.326 e. The summed E-state index contributed by atoms with van der Waals surface area (Å²) in [5.41, 5.74) is 10.7. The molecule has 13 heteroatoms. The highest BCUT2D eigenvalue weighted by atomic mass is 16.4. The molecule has 1 heterocycles. The number of hydrogen-bond donors (Lipinski definition) is 6. The second-order valence-electron chi connectivity index (χ2n) is 7.84. The monoisotopic (exact) mass is 457 g/mol. The molecular formula is C19H31N5O8. The van der Waals surface area contributed by atoms with Crippen LogP contribution in [0.5, 0.6) is 0 Å². The van der Waals surface area contributed by atoms with Crippen LogP contribution in [-0.4, -0.2) is 81.4 Å². The molecular weight excluding hydrogens is 426 g/mol. The average molecular weight is 457 g/mol. The van der Waals surface area contributed by atoms with Crippen molar-refractivity contribution < 1.29 is 39.0 Å². The van der Waals surface area contributed by atoms with Crippen LogP contribution < -0.4 is 22.1 Å². The Bertz CT molecular complexity index is 758. The number of carbonyl (C=O) groups excluding carboxylic acids is 4. The summed E-state index contributed by atoms with van der Waals surface area (Å²) in [4.78, 5) is 72.8. The van der Waals surface area contributed by atoms with Gasteiger partial charge < -0.3 is 37.2 Å². The van der Waals surface area contributed by atoms with E-state index in [1.807, 2.05) is 0 Å². The fourth-order valence-electron chi connectivity index (χ4n) is 3.40. The molecule has 180 valence electrons. The van der Waals surface area contributed by atoms with Crippen molar-refractivity contribution in [1.82, 2.24) is 15.5 Å². The lowest BCUT2D eigenvalue weighted by atomic mass is 9.98. The minimum atomic E-state index is -1.46. The molecule has 5 unspecified atom stereocenters. The van der Waals surface area contributed by atoms with E-state index in [0.29, 0.717) is 12.8 Å². The van der Waals surface area contributed by atoms with Gasteiger partial charge in [0.05, 0.1) is 18.9 Å². The molecule has 1 aliphatic heterocycles. The lowest BCUT2D eigenvalue weighted by Crippen LogP contribution is -2.58. The van der Waals surface area contributed by atoms with E-state index < -0.39 is 72.6 Å². The second kappa shape index (κ2) is 12.0. The molecule has 0 aromatic carbocycles. The van der Waals surface area contributed by atoms with Crippen molar-refractivity contribution in [3.63, 3.8) is 0 Å². The first-order valence-corrected chi connectivity index (χ1v) is 10.3. The van der Waals surface area contributed by atoms with Crippen molar-refractivity contribution in [1.29, 1.82) is 0 Å². The van der Waals surface area contributed by atoms with Crippen LogP contribution in [0.1, 0.15) is 46.0 Å². The fraction of sp³-hybridized carbons (Fsp3) is 0.684. The summed E-state index contributed by atoms with van der Waals surface area (Å²) in [6.45, 7) is 3.60.